The first-order valence-corrected chi connectivity index (χ1v) is 5.08. The van der Waals surface area contributed by atoms with Gasteiger partial charge in [-0.2, -0.15) is 0 Å². The third-order valence-corrected chi connectivity index (χ3v) is 3.26. The Kier molecular flexibility index (Phi) is 4.28. The van der Waals surface area contributed by atoms with Crippen LogP contribution in [0.3, 0.4) is 0 Å². The van der Waals surface area contributed by atoms with E-state index in [1.54, 1.807) is 0 Å². The summed E-state index contributed by atoms with van der Waals surface area (Å²) in [4.78, 5) is 0. The fourth-order valence-electron chi connectivity index (χ4n) is 0.618. The highest BCUT2D eigenvalue weighted by Crippen LogP contribution is 2.38. The van der Waals surface area contributed by atoms with Gasteiger partial charge in [0.15, 0.2) is 0 Å². The molecule has 3 nitrogen and oxygen atoms in total. The van der Waals surface area contributed by atoms with E-state index in [0.29, 0.717) is 5.75 Å². The first-order valence-electron chi connectivity index (χ1n) is 3.40. The summed E-state index contributed by atoms with van der Waals surface area (Å²) in [6.07, 6.45) is 0. The molecule has 0 amide bonds. The van der Waals surface area contributed by atoms with Gasteiger partial charge in [-0.3, -0.25) is 8.74 Å². The molecule has 1 unspecified atom stereocenters. The first kappa shape index (κ1) is 10.2. The first-order chi connectivity index (χ1) is 4.54. The van der Waals surface area contributed by atoms with Crippen molar-refractivity contribution in [1.82, 2.24) is 4.72 Å². The summed E-state index contributed by atoms with van der Waals surface area (Å²) in [5.41, 5.74) is 0. The second-order valence-electron chi connectivity index (χ2n) is 2.37. The van der Waals surface area contributed by atoms with E-state index < -0.39 is 10.8 Å². The SMILES string of the molecule is CCS(O)(NC(C)C)OC. The summed E-state index contributed by atoms with van der Waals surface area (Å²) in [5.74, 6) is 0.627. The molecule has 0 spiro atoms. The molecule has 0 aromatic carbocycles. The molecular weight excluding hydrogens is 150 g/mol. The lowest BCUT2D eigenvalue weighted by Gasteiger charge is -2.37. The van der Waals surface area contributed by atoms with Crippen molar-refractivity contribution >= 4 is 10.8 Å². The smallest absolute Gasteiger partial charge is 0.0620 e. The summed E-state index contributed by atoms with van der Waals surface area (Å²) >= 11 is 0. The summed E-state index contributed by atoms with van der Waals surface area (Å²) in [5, 5.41) is 0. The van der Waals surface area contributed by atoms with Gasteiger partial charge in [0.1, 0.15) is 0 Å². The minimum absolute atomic E-state index is 0.264. The van der Waals surface area contributed by atoms with Gasteiger partial charge in [-0.15, -0.1) is 10.8 Å². The van der Waals surface area contributed by atoms with E-state index in [1.807, 2.05) is 20.8 Å². The van der Waals surface area contributed by atoms with Crippen molar-refractivity contribution in [2.24, 2.45) is 0 Å². The third kappa shape index (κ3) is 3.41. The zero-order chi connectivity index (χ0) is 8.20. The Morgan fingerprint density at radius 3 is 2.20 bits per heavy atom. The van der Waals surface area contributed by atoms with Crippen molar-refractivity contribution in [2.75, 3.05) is 12.9 Å². The molecule has 2 N–H and O–H groups in total. The number of rotatable bonds is 4. The van der Waals surface area contributed by atoms with E-state index in [1.165, 1.54) is 7.11 Å². The zero-order valence-corrected chi connectivity index (χ0v) is 7.86. The van der Waals surface area contributed by atoms with Crippen LogP contribution < -0.4 is 4.72 Å². The number of hydrogen-bond donors (Lipinski definition) is 2. The number of nitrogens with one attached hydrogen (secondary N) is 1. The van der Waals surface area contributed by atoms with Crippen LogP contribution in [0.15, 0.2) is 0 Å². The van der Waals surface area contributed by atoms with Crippen molar-refractivity contribution in [3.05, 3.63) is 0 Å². The Bertz CT molecular complexity index is 93.7. The van der Waals surface area contributed by atoms with E-state index in [0.717, 1.165) is 0 Å². The third-order valence-electron chi connectivity index (χ3n) is 1.09. The lowest BCUT2D eigenvalue weighted by Crippen LogP contribution is -2.29. The van der Waals surface area contributed by atoms with Crippen LogP contribution >= 0.6 is 10.8 Å². The van der Waals surface area contributed by atoms with Crippen LogP contribution in [0.4, 0.5) is 0 Å². The summed E-state index contributed by atoms with van der Waals surface area (Å²) in [6.45, 7) is 5.85. The highest BCUT2D eigenvalue weighted by Gasteiger charge is 2.12. The lowest BCUT2D eigenvalue weighted by molar-refractivity contribution is 0.380. The quantitative estimate of drug-likeness (QED) is 0.670. The van der Waals surface area contributed by atoms with E-state index in [-0.39, 0.29) is 6.04 Å². The normalized spacial score (nSPS) is 20.6. The molecule has 10 heavy (non-hydrogen) atoms. The molecule has 0 heterocycles. The number of hydrogen-bond acceptors (Lipinski definition) is 3. The summed E-state index contributed by atoms with van der Waals surface area (Å²) < 4.78 is 17.4. The van der Waals surface area contributed by atoms with Gasteiger partial charge in [0.25, 0.3) is 0 Å². The fraction of sp³-hybridized carbons (Fsp3) is 1.00. The largest absolute Gasteiger partial charge is 0.286 e. The van der Waals surface area contributed by atoms with Crippen LogP contribution in [0.25, 0.3) is 0 Å². The molecule has 1 atom stereocenters. The summed E-state index contributed by atoms with van der Waals surface area (Å²) in [7, 11) is -0.442. The van der Waals surface area contributed by atoms with Gasteiger partial charge in [0.05, 0.1) is 12.9 Å². The van der Waals surface area contributed by atoms with E-state index >= 15 is 0 Å². The molecule has 0 rings (SSSR count). The molecule has 4 heteroatoms. The van der Waals surface area contributed by atoms with Crippen LogP contribution in [0.5, 0.6) is 0 Å². The monoisotopic (exact) mass is 167 g/mol. The second kappa shape index (κ2) is 4.18. The zero-order valence-electron chi connectivity index (χ0n) is 7.05. The van der Waals surface area contributed by atoms with E-state index in [9.17, 15) is 4.55 Å². The van der Waals surface area contributed by atoms with Crippen molar-refractivity contribution < 1.29 is 8.74 Å². The van der Waals surface area contributed by atoms with Gasteiger partial charge in [0, 0.05) is 6.04 Å². The fourth-order valence-corrected chi connectivity index (χ4v) is 1.85. The van der Waals surface area contributed by atoms with Gasteiger partial charge in [-0.25, -0.2) is 4.72 Å². The molecule has 0 saturated carbocycles. The van der Waals surface area contributed by atoms with E-state index in [4.69, 9.17) is 4.18 Å². The van der Waals surface area contributed by atoms with Crippen molar-refractivity contribution in [3.63, 3.8) is 0 Å². The maximum atomic E-state index is 9.55. The second-order valence-corrected chi connectivity index (χ2v) is 4.80. The molecule has 0 aliphatic rings. The van der Waals surface area contributed by atoms with E-state index in [2.05, 4.69) is 4.72 Å². The lowest BCUT2D eigenvalue weighted by atomic mass is 10.4. The van der Waals surface area contributed by atoms with Crippen molar-refractivity contribution in [2.45, 2.75) is 26.8 Å². The van der Waals surface area contributed by atoms with Gasteiger partial charge in [0.2, 0.25) is 0 Å². The molecule has 0 bridgehead atoms. The topological polar surface area (TPSA) is 41.5 Å². The standard InChI is InChI=1S/C6H17NO2S/c1-5-10(8,9-4)7-6(2)3/h6-8H,5H2,1-4H3. The molecule has 0 aliphatic heterocycles. The van der Waals surface area contributed by atoms with Gasteiger partial charge in [-0.1, -0.05) is 0 Å². The average molecular weight is 167 g/mol. The summed E-state index contributed by atoms with van der Waals surface area (Å²) in [6, 6.07) is 0.264. The Morgan fingerprint density at radius 2 is 2.10 bits per heavy atom. The molecule has 0 saturated heterocycles. The van der Waals surface area contributed by atoms with Gasteiger partial charge in [-0.05, 0) is 20.8 Å². The highest BCUT2D eigenvalue weighted by atomic mass is 32.3. The predicted octanol–water partition coefficient (Wildman–Crippen LogP) is 1.76. The maximum Gasteiger partial charge on any atom is 0.0620 e. The van der Waals surface area contributed by atoms with Gasteiger partial charge < -0.3 is 0 Å². The van der Waals surface area contributed by atoms with Gasteiger partial charge >= 0.3 is 0 Å². The molecule has 0 aromatic heterocycles. The van der Waals surface area contributed by atoms with Crippen molar-refractivity contribution in [1.29, 1.82) is 0 Å². The molecule has 0 aromatic rings. The van der Waals surface area contributed by atoms with Crippen LogP contribution in [0, 0.1) is 0 Å². The molecular formula is C6H17NO2S. The minimum Gasteiger partial charge on any atom is -0.286 e. The Balaban J connectivity index is 3.80. The predicted molar refractivity (Wildman–Crippen MR) is 46.0 cm³/mol. The molecule has 0 fully saturated rings. The van der Waals surface area contributed by atoms with Crippen LogP contribution in [-0.2, 0) is 4.18 Å². The van der Waals surface area contributed by atoms with Crippen LogP contribution in [0.2, 0.25) is 0 Å². The highest BCUT2D eigenvalue weighted by molar-refractivity contribution is 8.23. The minimum atomic E-state index is -1.96. The van der Waals surface area contributed by atoms with Crippen LogP contribution in [0.1, 0.15) is 20.8 Å². The Labute approximate surface area is 64.6 Å². The molecule has 64 valence electrons. The molecule has 0 aliphatic carbocycles. The van der Waals surface area contributed by atoms with Crippen molar-refractivity contribution in [3.8, 4) is 0 Å². The Hall–Kier alpha value is 0.230. The maximum absolute atomic E-state index is 9.55. The average Bonchev–Trinajstić information content (AvgIpc) is 1.87. The van der Waals surface area contributed by atoms with Crippen LogP contribution in [-0.4, -0.2) is 23.5 Å². The Morgan fingerprint density at radius 1 is 1.60 bits per heavy atom. The molecule has 0 radical (unpaired) electrons.